The third kappa shape index (κ3) is 6.66. The fourth-order valence-electron chi connectivity index (χ4n) is 3.06. The predicted molar refractivity (Wildman–Crippen MR) is 118 cm³/mol. The van der Waals surface area contributed by atoms with Gasteiger partial charge in [-0.25, -0.2) is 4.98 Å². The number of hydrogen-bond acceptors (Lipinski definition) is 7. The van der Waals surface area contributed by atoms with Crippen molar-refractivity contribution in [1.82, 2.24) is 20.1 Å². The van der Waals surface area contributed by atoms with Gasteiger partial charge in [-0.2, -0.15) is 0 Å². The summed E-state index contributed by atoms with van der Waals surface area (Å²) in [5.41, 5.74) is 1.07. The van der Waals surface area contributed by atoms with E-state index in [0.717, 1.165) is 6.54 Å². The average molecular weight is 428 g/mol. The molecule has 0 unspecified atom stereocenters. The van der Waals surface area contributed by atoms with Gasteiger partial charge in [-0.3, -0.25) is 9.59 Å². The van der Waals surface area contributed by atoms with Gasteiger partial charge >= 0.3 is 0 Å². The largest absolute Gasteiger partial charge is 0.489 e. The minimum absolute atomic E-state index is 0.0585. The molecule has 0 fully saturated rings. The summed E-state index contributed by atoms with van der Waals surface area (Å²) < 4.78 is 11.4. The molecule has 2 amide bonds. The zero-order valence-electron chi connectivity index (χ0n) is 18.0. The summed E-state index contributed by atoms with van der Waals surface area (Å²) in [6.07, 6.45) is 1.61. The molecule has 1 aromatic heterocycles. The fourth-order valence-corrected chi connectivity index (χ4v) is 3.06. The molecule has 0 saturated heterocycles. The number of carbonyl (C=O) groups excluding carboxylic acids is 2. The first-order valence-corrected chi connectivity index (χ1v) is 10.3. The van der Waals surface area contributed by atoms with E-state index in [1.54, 1.807) is 18.3 Å². The summed E-state index contributed by atoms with van der Waals surface area (Å²) in [6, 6.07) is 10.8. The van der Waals surface area contributed by atoms with Gasteiger partial charge in [0, 0.05) is 25.8 Å². The van der Waals surface area contributed by atoms with E-state index in [1.807, 2.05) is 43.3 Å². The number of benzene rings is 1. The fraction of sp³-hybridized carbons (Fsp3) is 0.409. The Hall–Kier alpha value is -3.17. The molecule has 0 saturated carbocycles. The van der Waals surface area contributed by atoms with Gasteiger partial charge in [-0.15, -0.1) is 0 Å². The van der Waals surface area contributed by atoms with Crippen LogP contribution in [0, 0.1) is 0 Å². The number of nitrogens with one attached hydrogen (secondary N) is 2. The van der Waals surface area contributed by atoms with Crippen molar-refractivity contribution in [2.24, 2.45) is 0 Å². The molecule has 0 aliphatic carbocycles. The van der Waals surface area contributed by atoms with E-state index in [4.69, 9.17) is 9.47 Å². The first kappa shape index (κ1) is 22.5. The highest BCUT2D eigenvalue weighted by Crippen LogP contribution is 2.28. The summed E-state index contributed by atoms with van der Waals surface area (Å²) in [5, 5.41) is 6.05. The highest BCUT2D eigenvalue weighted by Gasteiger charge is 2.23. The summed E-state index contributed by atoms with van der Waals surface area (Å²) >= 11 is 0. The van der Waals surface area contributed by atoms with E-state index in [9.17, 15) is 9.59 Å². The van der Waals surface area contributed by atoms with Crippen LogP contribution in [0.25, 0.3) is 0 Å². The van der Waals surface area contributed by atoms with Crippen LogP contribution in [0.5, 0.6) is 5.75 Å². The molecule has 2 heterocycles. The Bertz CT molecular complexity index is 890. The van der Waals surface area contributed by atoms with Crippen molar-refractivity contribution in [2.75, 3.05) is 65.4 Å². The van der Waals surface area contributed by atoms with Crippen LogP contribution in [-0.2, 0) is 9.53 Å². The van der Waals surface area contributed by atoms with E-state index in [1.165, 1.54) is 4.90 Å². The smallest absolute Gasteiger partial charge is 0.258 e. The topological polar surface area (TPSA) is 96.0 Å². The van der Waals surface area contributed by atoms with Gasteiger partial charge in [-0.1, -0.05) is 12.1 Å². The van der Waals surface area contributed by atoms with Crippen LogP contribution in [0.15, 0.2) is 42.6 Å². The van der Waals surface area contributed by atoms with Gasteiger partial charge < -0.3 is 29.9 Å². The SMILES string of the molecule is CN(C)CCNC(=O)CN1CCOCCOc2ccccc2Nc2ncccc2C1=O. The molecular weight excluding hydrogens is 398 g/mol. The average Bonchev–Trinajstić information content (AvgIpc) is 2.76. The normalized spacial score (nSPS) is 14.8. The van der Waals surface area contributed by atoms with Gasteiger partial charge in [0.1, 0.15) is 18.2 Å². The second-order valence-corrected chi connectivity index (χ2v) is 7.36. The highest BCUT2D eigenvalue weighted by molar-refractivity contribution is 6.01. The molecule has 2 N–H and O–H groups in total. The lowest BCUT2D eigenvalue weighted by Gasteiger charge is -2.23. The molecule has 0 bridgehead atoms. The minimum atomic E-state index is -0.292. The maximum atomic E-state index is 13.3. The molecule has 31 heavy (non-hydrogen) atoms. The molecule has 2 aromatic rings. The quantitative estimate of drug-likeness (QED) is 0.744. The number of para-hydroxylation sites is 2. The van der Waals surface area contributed by atoms with Crippen LogP contribution in [0.2, 0.25) is 0 Å². The lowest BCUT2D eigenvalue weighted by Crippen LogP contribution is -2.43. The Labute approximate surface area is 182 Å². The molecule has 1 aliphatic heterocycles. The van der Waals surface area contributed by atoms with Gasteiger partial charge in [0.25, 0.3) is 5.91 Å². The molecule has 0 atom stereocenters. The van der Waals surface area contributed by atoms with E-state index >= 15 is 0 Å². The third-order valence-electron chi connectivity index (χ3n) is 4.67. The van der Waals surface area contributed by atoms with Gasteiger partial charge in [-0.05, 0) is 38.4 Å². The number of carbonyl (C=O) groups is 2. The Balaban J connectivity index is 1.82. The molecule has 9 heteroatoms. The summed E-state index contributed by atoms with van der Waals surface area (Å²) in [5.74, 6) is 0.541. The third-order valence-corrected chi connectivity index (χ3v) is 4.67. The van der Waals surface area contributed by atoms with Crippen LogP contribution >= 0.6 is 0 Å². The van der Waals surface area contributed by atoms with Crippen LogP contribution in [0.3, 0.4) is 0 Å². The Kier molecular flexibility index (Phi) is 8.19. The monoisotopic (exact) mass is 427 g/mol. The molecule has 9 nitrogen and oxygen atoms in total. The van der Waals surface area contributed by atoms with E-state index in [2.05, 4.69) is 15.6 Å². The number of nitrogens with zero attached hydrogens (tertiary/aromatic N) is 3. The Morgan fingerprint density at radius 1 is 1.19 bits per heavy atom. The standard InChI is InChI=1S/C22H29N5O4/c1-26(2)11-10-23-20(28)16-27-12-13-30-14-15-31-19-8-4-3-7-18(19)25-21-17(22(27)29)6-5-9-24-21/h3-9H,10-16H2,1-2H3,(H,23,28)(H,24,25). The number of ether oxygens (including phenoxy) is 2. The zero-order valence-corrected chi connectivity index (χ0v) is 18.0. The van der Waals surface area contributed by atoms with Crippen molar-refractivity contribution in [3.05, 3.63) is 48.2 Å². The molecular formula is C22H29N5O4. The van der Waals surface area contributed by atoms with Gasteiger partial charge in [0.15, 0.2) is 0 Å². The van der Waals surface area contributed by atoms with Crippen LogP contribution in [0.1, 0.15) is 10.4 Å². The number of fused-ring (bicyclic) bond motifs is 2. The Morgan fingerprint density at radius 2 is 2.03 bits per heavy atom. The van der Waals surface area contributed by atoms with E-state index in [0.29, 0.717) is 49.2 Å². The number of amides is 2. The molecule has 0 spiro atoms. The minimum Gasteiger partial charge on any atom is -0.489 e. The molecule has 1 aromatic carbocycles. The first-order valence-electron chi connectivity index (χ1n) is 10.3. The molecule has 3 rings (SSSR count). The Morgan fingerprint density at radius 3 is 2.87 bits per heavy atom. The first-order chi connectivity index (χ1) is 15.0. The lowest BCUT2D eigenvalue weighted by molar-refractivity contribution is -0.121. The predicted octanol–water partition coefficient (Wildman–Crippen LogP) is 1.35. The number of rotatable bonds is 5. The van der Waals surface area contributed by atoms with Crippen LogP contribution < -0.4 is 15.4 Å². The maximum absolute atomic E-state index is 13.3. The van der Waals surface area contributed by atoms with Crippen molar-refractivity contribution in [2.45, 2.75) is 0 Å². The van der Waals surface area contributed by atoms with Crippen molar-refractivity contribution < 1.29 is 19.1 Å². The van der Waals surface area contributed by atoms with Crippen molar-refractivity contribution in [3.63, 3.8) is 0 Å². The number of anilines is 2. The number of likely N-dealkylation sites (N-methyl/N-ethyl adjacent to an activating group) is 1. The molecule has 166 valence electrons. The number of hydrogen-bond donors (Lipinski definition) is 2. The van der Waals surface area contributed by atoms with Crippen molar-refractivity contribution in [3.8, 4) is 5.75 Å². The summed E-state index contributed by atoms with van der Waals surface area (Å²) in [6.45, 7) is 2.49. The molecule has 0 radical (unpaired) electrons. The van der Waals surface area contributed by atoms with Gasteiger partial charge in [0.05, 0.1) is 31.0 Å². The van der Waals surface area contributed by atoms with Crippen LogP contribution in [-0.4, -0.2) is 86.7 Å². The summed E-state index contributed by atoms with van der Waals surface area (Å²) in [7, 11) is 3.87. The highest BCUT2D eigenvalue weighted by atomic mass is 16.5. The molecule has 1 aliphatic rings. The van der Waals surface area contributed by atoms with E-state index < -0.39 is 0 Å². The maximum Gasteiger partial charge on any atom is 0.258 e. The van der Waals surface area contributed by atoms with Gasteiger partial charge in [0.2, 0.25) is 5.91 Å². The van der Waals surface area contributed by atoms with E-state index in [-0.39, 0.29) is 24.9 Å². The van der Waals surface area contributed by atoms with Crippen LogP contribution in [0.4, 0.5) is 11.5 Å². The second-order valence-electron chi connectivity index (χ2n) is 7.36. The summed E-state index contributed by atoms with van der Waals surface area (Å²) in [4.78, 5) is 33.6. The zero-order chi connectivity index (χ0) is 22.1. The number of pyridine rings is 1. The van der Waals surface area contributed by atoms with Crippen molar-refractivity contribution in [1.29, 1.82) is 0 Å². The second kappa shape index (κ2) is 11.3. The van der Waals surface area contributed by atoms with Crippen molar-refractivity contribution >= 4 is 23.3 Å². The lowest BCUT2D eigenvalue weighted by atomic mass is 10.2. The number of aromatic nitrogens is 1.